The molecule has 1 heterocycles. The van der Waals surface area contributed by atoms with Crippen LogP contribution in [0.25, 0.3) is 0 Å². The quantitative estimate of drug-likeness (QED) is 0.840. The SMILES string of the molecule is CC(C)OCC(=O)N1C[C@@H](C(F)(F)F)[C@H](C(=O)O)C1. The smallest absolute Gasteiger partial charge is 0.394 e. The van der Waals surface area contributed by atoms with Gasteiger partial charge in [-0.1, -0.05) is 0 Å². The first-order valence-electron chi connectivity index (χ1n) is 5.81. The molecule has 5 nitrogen and oxygen atoms in total. The van der Waals surface area contributed by atoms with E-state index in [9.17, 15) is 22.8 Å². The number of alkyl halides is 3. The van der Waals surface area contributed by atoms with E-state index in [0.717, 1.165) is 4.90 Å². The standard InChI is InChI=1S/C11H16F3NO4/c1-6(2)19-5-9(16)15-3-7(10(17)18)8(4-15)11(12,13)14/h6-8H,3-5H2,1-2H3,(H,17,18)/t7-,8-/m1/s1. The molecule has 0 spiro atoms. The number of hydrogen-bond donors (Lipinski definition) is 1. The number of ether oxygens (including phenoxy) is 1. The van der Waals surface area contributed by atoms with Crippen molar-refractivity contribution in [3.05, 3.63) is 0 Å². The van der Waals surface area contributed by atoms with Crippen molar-refractivity contribution < 1.29 is 32.6 Å². The molecule has 0 aliphatic carbocycles. The van der Waals surface area contributed by atoms with Gasteiger partial charge in [-0.3, -0.25) is 9.59 Å². The lowest BCUT2D eigenvalue weighted by molar-refractivity contribution is -0.188. The summed E-state index contributed by atoms with van der Waals surface area (Å²) in [4.78, 5) is 23.4. The van der Waals surface area contributed by atoms with Crippen LogP contribution in [0.4, 0.5) is 13.2 Å². The van der Waals surface area contributed by atoms with Gasteiger partial charge in [-0.05, 0) is 13.8 Å². The average Bonchev–Trinajstić information content (AvgIpc) is 2.70. The van der Waals surface area contributed by atoms with E-state index in [-0.39, 0.29) is 12.7 Å². The topological polar surface area (TPSA) is 66.8 Å². The summed E-state index contributed by atoms with van der Waals surface area (Å²) < 4.78 is 43.1. The highest BCUT2D eigenvalue weighted by molar-refractivity contribution is 5.80. The molecule has 0 aromatic carbocycles. The third-order valence-corrected chi connectivity index (χ3v) is 2.95. The number of carboxylic acid groups (broad SMARTS) is 1. The maximum Gasteiger partial charge on any atom is 0.394 e. The summed E-state index contributed by atoms with van der Waals surface area (Å²) in [6.45, 7) is 1.99. The molecule has 0 radical (unpaired) electrons. The number of rotatable bonds is 4. The molecule has 0 bridgehead atoms. The zero-order valence-electron chi connectivity index (χ0n) is 10.6. The van der Waals surface area contributed by atoms with Crippen molar-refractivity contribution in [3.8, 4) is 0 Å². The summed E-state index contributed by atoms with van der Waals surface area (Å²) in [6, 6.07) is 0. The average molecular weight is 283 g/mol. The van der Waals surface area contributed by atoms with Gasteiger partial charge in [0.25, 0.3) is 0 Å². The molecule has 1 amide bonds. The van der Waals surface area contributed by atoms with Crippen LogP contribution in [-0.4, -0.2) is 53.9 Å². The van der Waals surface area contributed by atoms with E-state index >= 15 is 0 Å². The first-order chi connectivity index (χ1) is 8.62. The fourth-order valence-corrected chi connectivity index (χ4v) is 1.92. The van der Waals surface area contributed by atoms with Gasteiger partial charge in [-0.15, -0.1) is 0 Å². The van der Waals surface area contributed by atoms with Crippen LogP contribution in [-0.2, 0) is 14.3 Å². The van der Waals surface area contributed by atoms with Crippen LogP contribution in [0.1, 0.15) is 13.8 Å². The Hall–Kier alpha value is -1.31. The molecular formula is C11H16F3NO4. The number of halogens is 3. The first-order valence-corrected chi connectivity index (χ1v) is 5.81. The van der Waals surface area contributed by atoms with E-state index in [2.05, 4.69) is 0 Å². The second-order valence-corrected chi connectivity index (χ2v) is 4.75. The van der Waals surface area contributed by atoms with Crippen LogP contribution in [0, 0.1) is 11.8 Å². The van der Waals surface area contributed by atoms with Gasteiger partial charge in [0.2, 0.25) is 5.91 Å². The summed E-state index contributed by atoms with van der Waals surface area (Å²) in [5, 5.41) is 8.80. The Labute approximate surface area is 108 Å². The zero-order valence-corrected chi connectivity index (χ0v) is 10.6. The molecule has 1 aliphatic rings. The third-order valence-electron chi connectivity index (χ3n) is 2.95. The van der Waals surface area contributed by atoms with Gasteiger partial charge in [-0.2, -0.15) is 13.2 Å². The Bertz CT molecular complexity index is 356. The molecule has 2 atom stereocenters. The van der Waals surface area contributed by atoms with E-state index in [1.165, 1.54) is 0 Å². The van der Waals surface area contributed by atoms with Crippen LogP contribution >= 0.6 is 0 Å². The number of carbonyl (C=O) groups excluding carboxylic acids is 1. The Morgan fingerprint density at radius 1 is 1.37 bits per heavy atom. The highest BCUT2D eigenvalue weighted by Crippen LogP contribution is 2.37. The van der Waals surface area contributed by atoms with Crippen molar-refractivity contribution in [2.75, 3.05) is 19.7 Å². The van der Waals surface area contributed by atoms with Crippen LogP contribution in [0.2, 0.25) is 0 Å². The van der Waals surface area contributed by atoms with Gasteiger partial charge in [-0.25, -0.2) is 0 Å². The van der Waals surface area contributed by atoms with Gasteiger partial charge in [0.15, 0.2) is 0 Å². The molecule has 1 fully saturated rings. The van der Waals surface area contributed by atoms with E-state index < -0.39 is 43.0 Å². The monoisotopic (exact) mass is 283 g/mol. The normalized spacial score (nSPS) is 24.0. The summed E-state index contributed by atoms with van der Waals surface area (Å²) in [5.74, 6) is -5.79. The molecule has 0 unspecified atom stereocenters. The molecule has 8 heteroatoms. The number of nitrogens with zero attached hydrogens (tertiary/aromatic N) is 1. The number of carboxylic acids is 1. The summed E-state index contributed by atoms with van der Waals surface area (Å²) in [6.07, 6.45) is -4.85. The molecule has 0 aromatic heterocycles. The van der Waals surface area contributed by atoms with Crippen molar-refractivity contribution in [1.29, 1.82) is 0 Å². The van der Waals surface area contributed by atoms with Crippen LogP contribution in [0.15, 0.2) is 0 Å². The van der Waals surface area contributed by atoms with Crippen LogP contribution in [0.5, 0.6) is 0 Å². The molecule has 0 aromatic rings. The first kappa shape index (κ1) is 15.7. The van der Waals surface area contributed by atoms with Crippen molar-refractivity contribution in [2.45, 2.75) is 26.1 Å². The van der Waals surface area contributed by atoms with Crippen LogP contribution < -0.4 is 0 Å². The minimum absolute atomic E-state index is 0.222. The van der Waals surface area contributed by atoms with E-state index in [0.29, 0.717) is 0 Å². The third kappa shape index (κ3) is 4.09. The number of likely N-dealkylation sites (tertiary alicyclic amines) is 1. The van der Waals surface area contributed by atoms with Crippen molar-refractivity contribution in [1.82, 2.24) is 4.90 Å². The van der Waals surface area contributed by atoms with Crippen molar-refractivity contribution >= 4 is 11.9 Å². The lowest BCUT2D eigenvalue weighted by atomic mass is 9.96. The van der Waals surface area contributed by atoms with Gasteiger partial charge in [0.1, 0.15) is 6.61 Å². The maximum atomic E-state index is 12.7. The van der Waals surface area contributed by atoms with Gasteiger partial charge in [0, 0.05) is 13.1 Å². The predicted octanol–water partition coefficient (Wildman–Crippen LogP) is 1.13. The fraction of sp³-hybridized carbons (Fsp3) is 0.818. The number of carbonyl (C=O) groups is 2. The summed E-state index contributed by atoms with van der Waals surface area (Å²) in [7, 11) is 0. The molecule has 1 aliphatic heterocycles. The zero-order chi connectivity index (χ0) is 14.8. The lowest BCUT2D eigenvalue weighted by Gasteiger charge is -2.18. The number of aliphatic carboxylic acids is 1. The molecule has 1 N–H and O–H groups in total. The number of hydrogen-bond acceptors (Lipinski definition) is 3. The lowest BCUT2D eigenvalue weighted by Crippen LogP contribution is -2.35. The van der Waals surface area contributed by atoms with Crippen molar-refractivity contribution in [2.24, 2.45) is 11.8 Å². The second kappa shape index (κ2) is 5.77. The van der Waals surface area contributed by atoms with Gasteiger partial charge in [0.05, 0.1) is 17.9 Å². The van der Waals surface area contributed by atoms with Gasteiger partial charge >= 0.3 is 12.1 Å². The van der Waals surface area contributed by atoms with E-state index in [1.807, 2.05) is 0 Å². The Morgan fingerprint density at radius 2 is 1.95 bits per heavy atom. The Morgan fingerprint density at radius 3 is 2.32 bits per heavy atom. The maximum absolute atomic E-state index is 12.7. The van der Waals surface area contributed by atoms with Gasteiger partial charge < -0.3 is 14.7 Å². The number of amides is 1. The van der Waals surface area contributed by atoms with Crippen LogP contribution in [0.3, 0.4) is 0 Å². The molecule has 1 rings (SSSR count). The van der Waals surface area contributed by atoms with E-state index in [1.54, 1.807) is 13.8 Å². The Balaban J connectivity index is 2.70. The highest BCUT2D eigenvalue weighted by atomic mass is 19.4. The fourth-order valence-electron chi connectivity index (χ4n) is 1.92. The van der Waals surface area contributed by atoms with E-state index in [4.69, 9.17) is 9.84 Å². The summed E-state index contributed by atoms with van der Waals surface area (Å²) >= 11 is 0. The second-order valence-electron chi connectivity index (χ2n) is 4.75. The molecule has 110 valence electrons. The predicted molar refractivity (Wildman–Crippen MR) is 58.3 cm³/mol. The highest BCUT2D eigenvalue weighted by Gasteiger charge is 2.53. The Kier molecular flexibility index (Phi) is 4.78. The molecule has 19 heavy (non-hydrogen) atoms. The molecular weight excluding hydrogens is 267 g/mol. The largest absolute Gasteiger partial charge is 0.481 e. The molecule has 1 saturated heterocycles. The minimum atomic E-state index is -4.63. The molecule has 0 saturated carbocycles. The minimum Gasteiger partial charge on any atom is -0.481 e. The van der Waals surface area contributed by atoms with Crippen molar-refractivity contribution in [3.63, 3.8) is 0 Å². The summed E-state index contributed by atoms with van der Waals surface area (Å²) in [5.41, 5.74) is 0.